The van der Waals surface area contributed by atoms with Crippen LogP contribution in [0.2, 0.25) is 4.34 Å². The van der Waals surface area contributed by atoms with Crippen LogP contribution in [0.25, 0.3) is 4.83 Å². The van der Waals surface area contributed by atoms with E-state index in [1.165, 1.54) is 30.6 Å². The molecular formula is C12H15ClN2OS. The van der Waals surface area contributed by atoms with Crippen LogP contribution in [-0.4, -0.2) is 14.5 Å². The molecule has 1 aliphatic carbocycles. The van der Waals surface area contributed by atoms with Crippen molar-refractivity contribution < 1.29 is 5.11 Å². The minimum absolute atomic E-state index is 0.349. The number of imidazole rings is 1. The van der Waals surface area contributed by atoms with E-state index in [4.69, 9.17) is 11.6 Å². The van der Waals surface area contributed by atoms with Crippen LogP contribution in [0.5, 0.6) is 0 Å². The smallest absolute Gasteiger partial charge is 0.121 e. The molecule has 1 N–H and O–H groups in total. The second-order valence-electron chi connectivity index (χ2n) is 4.71. The molecule has 0 amide bonds. The van der Waals surface area contributed by atoms with Gasteiger partial charge in [0.25, 0.3) is 0 Å². The molecule has 2 heterocycles. The Morgan fingerprint density at radius 1 is 1.41 bits per heavy atom. The summed E-state index contributed by atoms with van der Waals surface area (Å²) in [4.78, 5) is 5.09. The highest BCUT2D eigenvalue weighted by Crippen LogP contribution is 2.40. The van der Waals surface area contributed by atoms with E-state index in [0.717, 1.165) is 23.4 Å². The highest BCUT2D eigenvalue weighted by Gasteiger charge is 2.27. The lowest BCUT2D eigenvalue weighted by Gasteiger charge is -2.26. The zero-order valence-electron chi connectivity index (χ0n) is 9.47. The second-order valence-corrected chi connectivity index (χ2v) is 6.34. The molecule has 1 aliphatic rings. The Hall–Kier alpha value is -0.580. The quantitative estimate of drug-likeness (QED) is 0.904. The topological polar surface area (TPSA) is 37.5 Å². The molecule has 0 radical (unpaired) electrons. The third-order valence-electron chi connectivity index (χ3n) is 3.64. The van der Waals surface area contributed by atoms with Crippen LogP contribution >= 0.6 is 22.9 Å². The molecule has 0 aromatic carbocycles. The molecule has 17 heavy (non-hydrogen) atoms. The molecule has 1 saturated carbocycles. The van der Waals surface area contributed by atoms with Crippen molar-refractivity contribution in [3.05, 3.63) is 22.6 Å². The Bertz CT molecular complexity index is 516. The summed E-state index contributed by atoms with van der Waals surface area (Å²) in [6, 6.07) is 0. The first-order valence-corrected chi connectivity index (χ1v) is 7.25. The lowest BCUT2D eigenvalue weighted by atomic mass is 9.84. The SMILES string of the molecule is OC(c1c(Cl)sc2cncn12)C1CCCCC1. The molecule has 0 saturated heterocycles. The van der Waals surface area contributed by atoms with Crippen LogP contribution in [-0.2, 0) is 0 Å². The molecule has 0 bridgehead atoms. The Morgan fingerprint density at radius 2 is 2.18 bits per heavy atom. The van der Waals surface area contributed by atoms with Gasteiger partial charge in [-0.05, 0) is 18.8 Å². The summed E-state index contributed by atoms with van der Waals surface area (Å²) in [5.74, 6) is 0.349. The van der Waals surface area contributed by atoms with Gasteiger partial charge < -0.3 is 5.11 Å². The van der Waals surface area contributed by atoms with Gasteiger partial charge in [0.15, 0.2) is 0 Å². The summed E-state index contributed by atoms with van der Waals surface area (Å²) in [5.41, 5.74) is 0.830. The maximum absolute atomic E-state index is 10.5. The van der Waals surface area contributed by atoms with Crippen LogP contribution in [0.4, 0.5) is 0 Å². The van der Waals surface area contributed by atoms with E-state index in [1.807, 2.05) is 4.40 Å². The highest BCUT2D eigenvalue weighted by atomic mass is 35.5. The summed E-state index contributed by atoms with van der Waals surface area (Å²) in [6.07, 6.45) is 9.00. The van der Waals surface area contributed by atoms with Crippen LogP contribution in [0.15, 0.2) is 12.5 Å². The van der Waals surface area contributed by atoms with E-state index < -0.39 is 6.10 Å². The van der Waals surface area contributed by atoms with Crippen molar-refractivity contribution in [1.82, 2.24) is 9.38 Å². The average molecular weight is 271 g/mol. The average Bonchev–Trinajstić information content (AvgIpc) is 2.89. The molecule has 3 nitrogen and oxygen atoms in total. The molecule has 5 heteroatoms. The van der Waals surface area contributed by atoms with Crippen molar-refractivity contribution in [2.24, 2.45) is 5.92 Å². The van der Waals surface area contributed by atoms with Gasteiger partial charge in [0.1, 0.15) is 15.5 Å². The van der Waals surface area contributed by atoms with E-state index in [0.29, 0.717) is 10.3 Å². The minimum atomic E-state index is -0.453. The molecule has 1 unspecified atom stereocenters. The van der Waals surface area contributed by atoms with E-state index in [9.17, 15) is 5.11 Å². The number of aromatic nitrogens is 2. The zero-order valence-corrected chi connectivity index (χ0v) is 11.0. The summed E-state index contributed by atoms with van der Waals surface area (Å²) in [7, 11) is 0. The number of thiazole rings is 1. The molecule has 2 aromatic heterocycles. The minimum Gasteiger partial charge on any atom is -0.386 e. The van der Waals surface area contributed by atoms with E-state index in [-0.39, 0.29) is 0 Å². The normalized spacial score (nSPS) is 19.9. The second kappa shape index (κ2) is 4.59. The first kappa shape index (κ1) is 11.5. The van der Waals surface area contributed by atoms with Gasteiger partial charge >= 0.3 is 0 Å². The summed E-state index contributed by atoms with van der Waals surface area (Å²) >= 11 is 7.72. The maximum Gasteiger partial charge on any atom is 0.121 e. The summed E-state index contributed by atoms with van der Waals surface area (Å²) in [6.45, 7) is 0. The zero-order chi connectivity index (χ0) is 11.8. The van der Waals surface area contributed by atoms with Crippen LogP contribution < -0.4 is 0 Å². The Kier molecular flexibility index (Phi) is 3.11. The van der Waals surface area contributed by atoms with E-state index in [1.54, 1.807) is 12.5 Å². The van der Waals surface area contributed by atoms with Gasteiger partial charge in [-0.15, -0.1) is 11.3 Å². The predicted octanol–water partition coefficient (Wildman–Crippen LogP) is 3.66. The molecule has 0 aliphatic heterocycles. The lowest BCUT2D eigenvalue weighted by Crippen LogP contribution is -2.17. The van der Waals surface area contributed by atoms with Gasteiger partial charge in [-0.2, -0.15) is 0 Å². The van der Waals surface area contributed by atoms with Crippen LogP contribution in [0.3, 0.4) is 0 Å². The number of fused-ring (bicyclic) bond motifs is 1. The molecule has 1 fully saturated rings. The molecular weight excluding hydrogens is 256 g/mol. The number of aliphatic hydroxyl groups excluding tert-OH is 1. The maximum atomic E-state index is 10.5. The third-order valence-corrected chi connectivity index (χ3v) is 4.96. The van der Waals surface area contributed by atoms with Gasteiger partial charge in [0.05, 0.1) is 18.0 Å². The number of rotatable bonds is 2. The standard InChI is InChI=1S/C12H15ClN2OS/c13-12-10(15-7-14-6-9(15)17-12)11(16)8-4-2-1-3-5-8/h6-8,11,16H,1-5H2. The molecule has 92 valence electrons. The first-order valence-electron chi connectivity index (χ1n) is 6.05. The summed E-state index contributed by atoms with van der Waals surface area (Å²) < 4.78 is 2.62. The van der Waals surface area contributed by atoms with Gasteiger partial charge in [0.2, 0.25) is 0 Å². The van der Waals surface area contributed by atoms with Crippen molar-refractivity contribution >= 4 is 27.8 Å². The van der Waals surface area contributed by atoms with Crippen molar-refractivity contribution in [2.75, 3.05) is 0 Å². The predicted molar refractivity (Wildman–Crippen MR) is 69.6 cm³/mol. The fourth-order valence-electron chi connectivity index (χ4n) is 2.71. The van der Waals surface area contributed by atoms with Gasteiger partial charge in [-0.25, -0.2) is 4.98 Å². The Morgan fingerprint density at radius 3 is 2.94 bits per heavy atom. The monoisotopic (exact) mass is 270 g/mol. The lowest BCUT2D eigenvalue weighted by molar-refractivity contribution is 0.0807. The van der Waals surface area contributed by atoms with Gasteiger partial charge in [-0.1, -0.05) is 30.9 Å². The number of hydrogen-bond donors (Lipinski definition) is 1. The largest absolute Gasteiger partial charge is 0.386 e. The third kappa shape index (κ3) is 1.98. The highest BCUT2D eigenvalue weighted by molar-refractivity contribution is 7.21. The van der Waals surface area contributed by atoms with Crippen LogP contribution in [0.1, 0.15) is 43.9 Å². The van der Waals surface area contributed by atoms with E-state index >= 15 is 0 Å². The molecule has 2 aromatic rings. The fraction of sp³-hybridized carbons (Fsp3) is 0.583. The number of halogens is 1. The van der Waals surface area contributed by atoms with Gasteiger partial charge in [-0.3, -0.25) is 4.40 Å². The molecule has 3 rings (SSSR count). The Balaban J connectivity index is 1.95. The van der Waals surface area contributed by atoms with Crippen molar-refractivity contribution in [3.63, 3.8) is 0 Å². The number of nitrogens with zero attached hydrogens (tertiary/aromatic N) is 2. The summed E-state index contributed by atoms with van der Waals surface area (Å²) in [5, 5.41) is 10.5. The first-order chi connectivity index (χ1) is 8.27. The number of hydrogen-bond acceptors (Lipinski definition) is 3. The fourth-order valence-corrected chi connectivity index (χ4v) is 4.01. The van der Waals surface area contributed by atoms with Crippen LogP contribution in [0, 0.1) is 5.92 Å². The molecule has 1 atom stereocenters. The molecule has 0 spiro atoms. The van der Waals surface area contributed by atoms with Gasteiger partial charge in [0, 0.05) is 0 Å². The van der Waals surface area contributed by atoms with Crippen molar-refractivity contribution in [1.29, 1.82) is 0 Å². The number of aliphatic hydroxyl groups is 1. The van der Waals surface area contributed by atoms with E-state index in [2.05, 4.69) is 4.98 Å². The van der Waals surface area contributed by atoms with Crippen molar-refractivity contribution in [3.8, 4) is 0 Å². The van der Waals surface area contributed by atoms with Crippen molar-refractivity contribution in [2.45, 2.75) is 38.2 Å². The Labute approximate surface area is 109 Å².